The summed E-state index contributed by atoms with van der Waals surface area (Å²) in [7, 11) is 0. The number of hydrogen-bond acceptors (Lipinski definition) is 0. The predicted molar refractivity (Wildman–Crippen MR) is 78.4 cm³/mol. The van der Waals surface area contributed by atoms with Gasteiger partial charge in [-0.25, -0.2) is 0 Å². The summed E-state index contributed by atoms with van der Waals surface area (Å²) in [5.41, 5.74) is 1.78. The van der Waals surface area contributed by atoms with Crippen LogP contribution in [0.1, 0.15) is 96.8 Å². The van der Waals surface area contributed by atoms with Crippen molar-refractivity contribution in [1.29, 1.82) is 0 Å². The van der Waals surface area contributed by atoms with E-state index in [-0.39, 0.29) is 0 Å². The van der Waals surface area contributed by atoms with Crippen molar-refractivity contribution in [2.24, 2.45) is 0 Å². The van der Waals surface area contributed by atoms with Gasteiger partial charge in [0.15, 0.2) is 0 Å². The second-order valence-corrected chi connectivity index (χ2v) is 5.69. The molecule has 0 aromatic carbocycles. The highest BCUT2D eigenvalue weighted by atomic mass is 14.1. The Balaban J connectivity index is 2.28. The van der Waals surface area contributed by atoms with Crippen molar-refractivity contribution in [3.05, 3.63) is 11.6 Å². The first-order valence-corrected chi connectivity index (χ1v) is 8.11. The molecule has 0 fully saturated rings. The zero-order valence-electron chi connectivity index (χ0n) is 12.0. The molecule has 0 saturated heterocycles. The Labute approximate surface area is 109 Å². The minimum absolute atomic E-state index is 1.35. The van der Waals surface area contributed by atoms with E-state index in [0.717, 1.165) is 0 Å². The van der Waals surface area contributed by atoms with Crippen LogP contribution in [0.3, 0.4) is 0 Å². The fourth-order valence-corrected chi connectivity index (χ4v) is 2.79. The topological polar surface area (TPSA) is 0 Å². The largest absolute Gasteiger partial charge is 0.0853 e. The van der Waals surface area contributed by atoms with E-state index in [1.54, 1.807) is 5.57 Å². The first-order valence-electron chi connectivity index (χ1n) is 8.11. The first-order chi connectivity index (χ1) is 8.43. The third-order valence-corrected chi connectivity index (χ3v) is 3.99. The van der Waals surface area contributed by atoms with Crippen molar-refractivity contribution in [2.45, 2.75) is 96.8 Å². The van der Waals surface area contributed by atoms with E-state index in [9.17, 15) is 0 Å². The lowest BCUT2D eigenvalue weighted by molar-refractivity contribution is 0.557. The van der Waals surface area contributed by atoms with Crippen molar-refractivity contribution in [2.75, 3.05) is 0 Å². The van der Waals surface area contributed by atoms with Gasteiger partial charge in [-0.2, -0.15) is 0 Å². The Bertz CT molecular complexity index is 190. The Morgan fingerprint density at radius 2 is 1.47 bits per heavy atom. The molecule has 0 N–H and O–H groups in total. The van der Waals surface area contributed by atoms with Gasteiger partial charge >= 0.3 is 0 Å². The number of unbranched alkanes of at least 4 members (excludes halogenated alkanes) is 2. The maximum Gasteiger partial charge on any atom is -0.0320 e. The molecule has 0 unspecified atom stereocenters. The van der Waals surface area contributed by atoms with Crippen molar-refractivity contribution >= 4 is 0 Å². The summed E-state index contributed by atoms with van der Waals surface area (Å²) >= 11 is 0. The van der Waals surface area contributed by atoms with Crippen LogP contribution in [-0.4, -0.2) is 0 Å². The van der Waals surface area contributed by atoms with E-state index >= 15 is 0 Å². The van der Waals surface area contributed by atoms with E-state index < -0.39 is 0 Å². The molecule has 0 heteroatoms. The van der Waals surface area contributed by atoms with Gasteiger partial charge in [0, 0.05) is 0 Å². The monoisotopic (exact) mass is 236 g/mol. The van der Waals surface area contributed by atoms with E-state index in [4.69, 9.17) is 0 Å². The Kier molecular flexibility index (Phi) is 9.46. The fraction of sp³-hybridized carbons (Fsp3) is 0.882. The second-order valence-electron chi connectivity index (χ2n) is 5.69. The lowest BCUT2D eigenvalue weighted by atomic mass is 9.97. The zero-order chi connectivity index (χ0) is 12.2. The highest BCUT2D eigenvalue weighted by Gasteiger charge is 2.00. The summed E-state index contributed by atoms with van der Waals surface area (Å²) in [6, 6.07) is 0. The van der Waals surface area contributed by atoms with Crippen molar-refractivity contribution < 1.29 is 0 Å². The average Bonchev–Trinajstić information content (AvgIpc) is 2.32. The second kappa shape index (κ2) is 10.9. The molecule has 0 aliphatic heterocycles. The fourth-order valence-electron chi connectivity index (χ4n) is 2.79. The van der Waals surface area contributed by atoms with Gasteiger partial charge < -0.3 is 0 Å². The van der Waals surface area contributed by atoms with E-state index in [2.05, 4.69) is 13.0 Å². The Morgan fingerprint density at radius 1 is 0.824 bits per heavy atom. The molecule has 0 saturated carbocycles. The highest BCUT2D eigenvalue weighted by molar-refractivity contribution is 5.01. The maximum absolute atomic E-state index is 2.58. The van der Waals surface area contributed by atoms with Gasteiger partial charge in [0.05, 0.1) is 0 Å². The van der Waals surface area contributed by atoms with Crippen molar-refractivity contribution in [3.63, 3.8) is 0 Å². The van der Waals surface area contributed by atoms with Crippen LogP contribution in [0, 0.1) is 0 Å². The summed E-state index contributed by atoms with van der Waals surface area (Å²) in [4.78, 5) is 0. The van der Waals surface area contributed by atoms with Gasteiger partial charge in [-0.3, -0.25) is 0 Å². The molecule has 0 radical (unpaired) electrons. The molecule has 100 valence electrons. The maximum atomic E-state index is 2.58. The third-order valence-electron chi connectivity index (χ3n) is 3.99. The van der Waals surface area contributed by atoms with Gasteiger partial charge in [0.1, 0.15) is 0 Å². The van der Waals surface area contributed by atoms with Crippen LogP contribution < -0.4 is 0 Å². The van der Waals surface area contributed by atoms with Crippen molar-refractivity contribution in [1.82, 2.24) is 0 Å². The molecule has 0 spiro atoms. The number of hydrogen-bond donors (Lipinski definition) is 0. The standard InChI is InChI=1S/C17H32/c1-2-3-11-14-17-15-12-9-7-5-4-6-8-10-13-16-17/h15H,2-14,16H2,1H3. The molecule has 1 aliphatic rings. The molecule has 0 aromatic rings. The smallest absolute Gasteiger partial charge is 0.0320 e. The Hall–Kier alpha value is -0.260. The van der Waals surface area contributed by atoms with Crippen LogP contribution in [0.25, 0.3) is 0 Å². The normalized spacial score (nSPS) is 20.2. The summed E-state index contributed by atoms with van der Waals surface area (Å²) < 4.78 is 0. The average molecular weight is 236 g/mol. The molecular weight excluding hydrogens is 204 g/mol. The lowest BCUT2D eigenvalue weighted by Crippen LogP contribution is -1.89. The van der Waals surface area contributed by atoms with Crippen LogP contribution in [0.2, 0.25) is 0 Å². The van der Waals surface area contributed by atoms with Gasteiger partial charge in [0.2, 0.25) is 0 Å². The number of allylic oxidation sites excluding steroid dienone is 2. The minimum Gasteiger partial charge on any atom is -0.0853 e. The molecule has 1 rings (SSSR count). The zero-order valence-corrected chi connectivity index (χ0v) is 12.0. The van der Waals surface area contributed by atoms with Gasteiger partial charge in [-0.1, -0.05) is 69.9 Å². The van der Waals surface area contributed by atoms with Crippen molar-refractivity contribution in [3.8, 4) is 0 Å². The molecule has 17 heavy (non-hydrogen) atoms. The van der Waals surface area contributed by atoms with E-state index in [1.165, 1.54) is 89.9 Å². The van der Waals surface area contributed by atoms with Crippen LogP contribution >= 0.6 is 0 Å². The summed E-state index contributed by atoms with van der Waals surface area (Å²) in [6.07, 6.45) is 22.6. The van der Waals surface area contributed by atoms with Crippen LogP contribution in [0.15, 0.2) is 11.6 Å². The molecule has 0 aromatic heterocycles. The van der Waals surface area contributed by atoms with Crippen LogP contribution in [0.4, 0.5) is 0 Å². The predicted octanol–water partition coefficient (Wildman–Crippen LogP) is 6.41. The molecular formula is C17H32. The van der Waals surface area contributed by atoms with Crippen LogP contribution in [0.5, 0.6) is 0 Å². The SMILES string of the molecule is CCCCCC1=CCCCCCCCCCC1. The van der Waals surface area contributed by atoms with E-state index in [1.807, 2.05) is 0 Å². The first kappa shape index (κ1) is 14.8. The van der Waals surface area contributed by atoms with Crippen LogP contribution in [-0.2, 0) is 0 Å². The summed E-state index contributed by atoms with van der Waals surface area (Å²) in [6.45, 7) is 2.30. The molecule has 0 bridgehead atoms. The lowest BCUT2D eigenvalue weighted by Gasteiger charge is -2.09. The minimum atomic E-state index is 1.35. The summed E-state index contributed by atoms with van der Waals surface area (Å²) in [5.74, 6) is 0. The molecule has 0 atom stereocenters. The number of rotatable bonds is 4. The molecule has 1 aliphatic carbocycles. The third kappa shape index (κ3) is 8.46. The summed E-state index contributed by atoms with van der Waals surface area (Å²) in [5, 5.41) is 0. The highest BCUT2D eigenvalue weighted by Crippen LogP contribution is 2.20. The van der Waals surface area contributed by atoms with Gasteiger partial charge in [-0.05, 0) is 38.5 Å². The molecule has 0 nitrogen and oxygen atoms in total. The van der Waals surface area contributed by atoms with Gasteiger partial charge in [0.25, 0.3) is 0 Å². The Morgan fingerprint density at radius 3 is 2.18 bits per heavy atom. The molecule has 0 heterocycles. The molecule has 0 amide bonds. The quantitative estimate of drug-likeness (QED) is 0.391. The van der Waals surface area contributed by atoms with E-state index in [0.29, 0.717) is 0 Å². The van der Waals surface area contributed by atoms with Gasteiger partial charge in [-0.15, -0.1) is 0 Å².